The van der Waals surface area contributed by atoms with Gasteiger partial charge in [-0.25, -0.2) is 0 Å². The van der Waals surface area contributed by atoms with E-state index >= 15 is 0 Å². The maximum atomic E-state index is 2.48. The van der Waals surface area contributed by atoms with Crippen LogP contribution in [0.3, 0.4) is 0 Å². The van der Waals surface area contributed by atoms with E-state index in [9.17, 15) is 0 Å². The second-order valence-electron chi connectivity index (χ2n) is 6.67. The molecule has 0 bridgehead atoms. The van der Waals surface area contributed by atoms with Gasteiger partial charge in [-0.15, -0.1) is 0 Å². The lowest BCUT2D eigenvalue weighted by atomic mass is 9.92. The van der Waals surface area contributed by atoms with Crippen molar-refractivity contribution < 1.29 is 0 Å². The minimum atomic E-state index is 1.03. The summed E-state index contributed by atoms with van der Waals surface area (Å²) in [5.41, 5.74) is 5.93. The van der Waals surface area contributed by atoms with E-state index in [0.717, 1.165) is 19.3 Å². The molecule has 0 heterocycles. The highest BCUT2D eigenvalue weighted by atomic mass is 14.1. The van der Waals surface area contributed by atoms with Crippen molar-refractivity contribution >= 4 is 0 Å². The Kier molecular flexibility index (Phi) is 8.83. The van der Waals surface area contributed by atoms with Crippen molar-refractivity contribution in [3.8, 4) is 0 Å². The number of hydrogen-bond acceptors (Lipinski definition) is 0. The van der Waals surface area contributed by atoms with Crippen LogP contribution in [0.4, 0.5) is 0 Å². The van der Waals surface area contributed by atoms with Gasteiger partial charge in [0.2, 0.25) is 0 Å². The maximum Gasteiger partial charge on any atom is -0.00915 e. The molecule has 0 N–H and O–H groups in total. The van der Waals surface area contributed by atoms with Gasteiger partial charge in [-0.2, -0.15) is 0 Å². The van der Waals surface area contributed by atoms with Crippen LogP contribution in [0.2, 0.25) is 0 Å². The fourth-order valence-electron chi connectivity index (χ4n) is 3.15. The molecule has 2 aromatic carbocycles. The quantitative estimate of drug-likeness (QED) is 0.400. The van der Waals surface area contributed by atoms with Gasteiger partial charge in [0.05, 0.1) is 0 Å². The van der Waals surface area contributed by atoms with Crippen LogP contribution in [0.1, 0.15) is 57.1 Å². The topological polar surface area (TPSA) is 0 Å². The first-order valence-corrected chi connectivity index (χ1v) is 9.79. The van der Waals surface area contributed by atoms with Gasteiger partial charge in [0.15, 0.2) is 0 Å². The lowest BCUT2D eigenvalue weighted by molar-refractivity contribution is 0.844. The third-order valence-corrected chi connectivity index (χ3v) is 4.56. The van der Waals surface area contributed by atoms with Crippen molar-refractivity contribution in [2.45, 2.75) is 58.8 Å². The number of unbranched alkanes of at least 4 members (excludes halogenated alkanes) is 1. The van der Waals surface area contributed by atoms with E-state index < -0.39 is 0 Å². The van der Waals surface area contributed by atoms with Gasteiger partial charge in [0, 0.05) is 0 Å². The van der Waals surface area contributed by atoms with Gasteiger partial charge in [0.1, 0.15) is 0 Å². The van der Waals surface area contributed by atoms with Crippen molar-refractivity contribution in [1.82, 2.24) is 0 Å². The predicted octanol–water partition coefficient (Wildman–Crippen LogP) is 7.31. The Morgan fingerprint density at radius 3 is 1.88 bits per heavy atom. The van der Waals surface area contributed by atoms with Gasteiger partial charge >= 0.3 is 0 Å². The largest absolute Gasteiger partial charge is 0.0811 e. The summed E-state index contributed by atoms with van der Waals surface area (Å²) >= 11 is 0. The molecule has 0 aliphatic heterocycles. The highest BCUT2D eigenvalue weighted by molar-refractivity contribution is 5.34. The summed E-state index contributed by atoms with van der Waals surface area (Å²) in [6.45, 7) is 4.54. The molecule has 0 radical (unpaired) electrons. The smallest absolute Gasteiger partial charge is 0.00915 e. The number of aryl methyl sites for hydroxylation is 1. The molecule has 0 aliphatic rings. The molecule has 0 saturated heterocycles. The summed E-state index contributed by atoms with van der Waals surface area (Å²) in [5, 5.41) is 0. The van der Waals surface area contributed by atoms with E-state index in [1.807, 2.05) is 0 Å². The first-order chi connectivity index (χ1) is 12.3. The summed E-state index contributed by atoms with van der Waals surface area (Å²) < 4.78 is 0. The molecule has 2 aromatic rings. The molecule has 0 unspecified atom stereocenters. The third-order valence-electron chi connectivity index (χ3n) is 4.56. The second kappa shape index (κ2) is 11.5. The molecule has 2 rings (SSSR count). The van der Waals surface area contributed by atoms with Crippen molar-refractivity contribution in [3.63, 3.8) is 0 Å². The third kappa shape index (κ3) is 7.13. The van der Waals surface area contributed by atoms with Gasteiger partial charge in [-0.1, -0.05) is 99.5 Å². The molecular weight excluding hydrogens is 300 g/mol. The van der Waals surface area contributed by atoms with Gasteiger partial charge in [0.25, 0.3) is 0 Å². The minimum absolute atomic E-state index is 1.03. The van der Waals surface area contributed by atoms with Crippen LogP contribution >= 0.6 is 0 Å². The molecule has 132 valence electrons. The van der Waals surface area contributed by atoms with E-state index in [1.54, 1.807) is 11.1 Å². The van der Waals surface area contributed by atoms with E-state index in [-0.39, 0.29) is 0 Å². The van der Waals surface area contributed by atoms with Crippen LogP contribution in [-0.4, -0.2) is 0 Å². The number of rotatable bonds is 10. The Morgan fingerprint density at radius 1 is 0.680 bits per heavy atom. The van der Waals surface area contributed by atoms with Crippen LogP contribution in [-0.2, 0) is 12.8 Å². The molecule has 0 amide bonds. The lowest BCUT2D eigenvalue weighted by Gasteiger charge is -2.13. The van der Waals surface area contributed by atoms with Crippen LogP contribution in [0, 0.1) is 0 Å². The SMILES string of the molecule is CCC/C=C(CCC)\C(=C/Cc1ccccc1)CCc1ccccc1. The highest BCUT2D eigenvalue weighted by Crippen LogP contribution is 2.23. The summed E-state index contributed by atoms with van der Waals surface area (Å²) in [6.07, 6.45) is 13.0. The molecule has 0 aliphatic carbocycles. The summed E-state index contributed by atoms with van der Waals surface area (Å²) in [4.78, 5) is 0. The fourth-order valence-corrected chi connectivity index (χ4v) is 3.15. The average Bonchev–Trinajstić information content (AvgIpc) is 2.67. The van der Waals surface area contributed by atoms with Gasteiger partial charge in [-0.3, -0.25) is 0 Å². The monoisotopic (exact) mass is 332 g/mol. The van der Waals surface area contributed by atoms with E-state index in [0.29, 0.717) is 0 Å². The Morgan fingerprint density at radius 2 is 1.28 bits per heavy atom. The van der Waals surface area contributed by atoms with Crippen LogP contribution in [0.5, 0.6) is 0 Å². The zero-order valence-electron chi connectivity index (χ0n) is 15.9. The minimum Gasteiger partial charge on any atom is -0.0811 e. The Balaban J connectivity index is 2.16. The molecule has 0 fully saturated rings. The molecule has 0 saturated carbocycles. The van der Waals surface area contributed by atoms with Crippen LogP contribution in [0.15, 0.2) is 84.0 Å². The van der Waals surface area contributed by atoms with Crippen LogP contribution < -0.4 is 0 Å². The molecule has 0 heteroatoms. The fraction of sp³-hybridized carbons (Fsp3) is 0.360. The lowest BCUT2D eigenvalue weighted by Crippen LogP contribution is -1.96. The molecule has 25 heavy (non-hydrogen) atoms. The van der Waals surface area contributed by atoms with Crippen LogP contribution in [0.25, 0.3) is 0 Å². The maximum absolute atomic E-state index is 2.48. The average molecular weight is 333 g/mol. The van der Waals surface area contributed by atoms with Crippen molar-refractivity contribution in [2.75, 3.05) is 0 Å². The van der Waals surface area contributed by atoms with E-state index in [2.05, 4.69) is 86.7 Å². The Hall–Kier alpha value is -2.08. The van der Waals surface area contributed by atoms with Gasteiger partial charge < -0.3 is 0 Å². The Labute approximate surface area is 154 Å². The van der Waals surface area contributed by atoms with Crippen molar-refractivity contribution in [3.05, 3.63) is 95.1 Å². The Bertz CT molecular complexity index is 647. The standard InChI is InChI=1S/C25H32/c1-3-5-17-24(12-4-2)25(20-18-22-13-8-6-9-14-22)21-19-23-15-10-7-11-16-23/h6-11,13-17,20H,3-5,12,18-19,21H2,1-2H3/b24-17-,25-20-. The summed E-state index contributed by atoms with van der Waals surface area (Å²) in [7, 11) is 0. The molecule has 0 nitrogen and oxygen atoms in total. The second-order valence-corrected chi connectivity index (χ2v) is 6.67. The predicted molar refractivity (Wildman–Crippen MR) is 111 cm³/mol. The zero-order valence-corrected chi connectivity index (χ0v) is 15.9. The normalized spacial score (nSPS) is 12.4. The van der Waals surface area contributed by atoms with Crippen molar-refractivity contribution in [1.29, 1.82) is 0 Å². The first-order valence-electron chi connectivity index (χ1n) is 9.79. The molecule has 0 aromatic heterocycles. The molecular formula is C25H32. The van der Waals surface area contributed by atoms with E-state index in [4.69, 9.17) is 0 Å². The molecule has 0 spiro atoms. The van der Waals surface area contributed by atoms with Crippen molar-refractivity contribution in [2.24, 2.45) is 0 Å². The highest BCUT2D eigenvalue weighted by Gasteiger charge is 2.06. The van der Waals surface area contributed by atoms with E-state index in [1.165, 1.54) is 36.8 Å². The summed E-state index contributed by atoms with van der Waals surface area (Å²) in [5.74, 6) is 0. The first kappa shape index (κ1) is 19.2. The number of allylic oxidation sites excluding steroid dienone is 4. The number of benzene rings is 2. The number of hydrogen-bond donors (Lipinski definition) is 0. The van der Waals surface area contributed by atoms with Gasteiger partial charge in [-0.05, 0) is 54.4 Å². The summed E-state index contributed by atoms with van der Waals surface area (Å²) in [6, 6.07) is 21.7. The zero-order chi connectivity index (χ0) is 17.7. The molecule has 0 atom stereocenters.